The maximum Gasteiger partial charge on any atom is 0.386 e. The number of anilines is 2. The number of nitrogens with one attached hydrogen (secondary N) is 1. The van der Waals surface area contributed by atoms with Gasteiger partial charge in [0, 0.05) is 0 Å². The molecule has 3 aliphatic heterocycles. The Balaban J connectivity index is 1.21. The van der Waals surface area contributed by atoms with Crippen molar-refractivity contribution in [3.05, 3.63) is 29.3 Å². The van der Waals surface area contributed by atoms with Crippen LogP contribution in [0.4, 0.5) is 11.8 Å². The van der Waals surface area contributed by atoms with Crippen molar-refractivity contribution in [2.24, 2.45) is 0 Å². The van der Waals surface area contributed by atoms with Gasteiger partial charge in [0.25, 0.3) is 5.56 Å². The number of nitrogen functional groups attached to an aromatic ring is 2. The second-order valence-corrected chi connectivity index (χ2v) is 15.9. The fraction of sp³-hybridized carbons (Fsp3) is 0.500. The summed E-state index contributed by atoms with van der Waals surface area (Å²) in [5, 5.41) is 22.4. The first-order chi connectivity index (χ1) is 21.3. The highest BCUT2D eigenvalue weighted by Gasteiger charge is 2.53. The number of fused-ring (bicyclic) bond motifs is 5. The highest BCUT2D eigenvalue weighted by Crippen LogP contribution is 2.60. The molecule has 10 atom stereocenters. The van der Waals surface area contributed by atoms with Crippen LogP contribution in [-0.4, -0.2) is 99.1 Å². The highest BCUT2D eigenvalue weighted by molar-refractivity contribution is 8.44. The van der Waals surface area contributed by atoms with Crippen molar-refractivity contribution in [1.29, 1.82) is 0 Å². The number of thiol groups is 2. The van der Waals surface area contributed by atoms with E-state index in [0.29, 0.717) is 0 Å². The maximum absolute atomic E-state index is 13.5. The van der Waals surface area contributed by atoms with Gasteiger partial charge in [-0.15, -0.1) is 0 Å². The zero-order chi connectivity index (χ0) is 31.8. The fourth-order valence-corrected chi connectivity index (χ4v) is 8.25. The van der Waals surface area contributed by atoms with Gasteiger partial charge in [0.1, 0.15) is 48.5 Å². The van der Waals surface area contributed by atoms with Crippen molar-refractivity contribution in [2.45, 2.75) is 49.1 Å². The van der Waals surface area contributed by atoms with E-state index in [1.165, 1.54) is 28.1 Å². The summed E-state index contributed by atoms with van der Waals surface area (Å²) < 4.78 is 63.7. The molecule has 2 bridgehead atoms. The van der Waals surface area contributed by atoms with E-state index in [1.807, 2.05) is 0 Å². The van der Waals surface area contributed by atoms with Gasteiger partial charge in [0.2, 0.25) is 5.95 Å². The van der Waals surface area contributed by atoms with Crippen LogP contribution in [0.1, 0.15) is 12.5 Å². The van der Waals surface area contributed by atoms with Gasteiger partial charge in [-0.3, -0.25) is 37.0 Å². The Morgan fingerprint density at radius 1 is 0.844 bits per heavy atom. The lowest BCUT2D eigenvalue weighted by Crippen LogP contribution is -2.36. The molecule has 25 heteroatoms. The van der Waals surface area contributed by atoms with E-state index in [9.17, 15) is 24.1 Å². The van der Waals surface area contributed by atoms with Gasteiger partial charge < -0.3 is 31.2 Å². The normalized spacial score (nSPS) is 37.7. The summed E-state index contributed by atoms with van der Waals surface area (Å²) in [6, 6.07) is 0. The predicted molar refractivity (Wildman–Crippen MR) is 157 cm³/mol. The van der Waals surface area contributed by atoms with Crippen LogP contribution < -0.4 is 17.0 Å². The molecule has 0 radical (unpaired) electrons. The molecule has 0 aliphatic carbocycles. The number of aliphatic hydroxyl groups excluding tert-OH is 2. The van der Waals surface area contributed by atoms with Crippen molar-refractivity contribution >= 4 is 72.2 Å². The lowest BCUT2D eigenvalue weighted by Gasteiger charge is -2.26. The summed E-state index contributed by atoms with van der Waals surface area (Å²) in [5.74, 6) is -0.142. The number of aromatic nitrogens is 8. The summed E-state index contributed by atoms with van der Waals surface area (Å²) in [4.78, 5) is 34.9. The van der Waals surface area contributed by atoms with Crippen molar-refractivity contribution in [3.8, 4) is 0 Å². The average molecular weight is 707 g/mol. The Hall–Kier alpha value is -2.66. The van der Waals surface area contributed by atoms with Gasteiger partial charge in [-0.25, -0.2) is 29.1 Å². The smallest absolute Gasteiger partial charge is 0.386 e. The molecule has 21 nitrogen and oxygen atoms in total. The minimum absolute atomic E-state index is 0.0312. The van der Waals surface area contributed by atoms with E-state index >= 15 is 0 Å². The average Bonchev–Trinajstić information content (AvgIpc) is 3.72. The molecule has 4 aromatic rings. The number of imidazole rings is 2. The number of rotatable bonds is 2. The van der Waals surface area contributed by atoms with E-state index in [4.69, 9.17) is 39.0 Å². The van der Waals surface area contributed by atoms with Gasteiger partial charge in [-0.1, -0.05) is 24.5 Å². The van der Waals surface area contributed by atoms with E-state index in [-0.39, 0.29) is 34.1 Å². The van der Waals surface area contributed by atoms with Crippen LogP contribution in [-0.2, 0) is 36.7 Å². The third-order valence-electron chi connectivity index (χ3n) is 7.32. The van der Waals surface area contributed by atoms with Gasteiger partial charge in [-0.05, 0) is 0 Å². The van der Waals surface area contributed by atoms with Crippen LogP contribution in [0.3, 0.4) is 0 Å². The van der Waals surface area contributed by atoms with Crippen LogP contribution in [0.25, 0.3) is 22.3 Å². The minimum atomic E-state index is -4.35. The summed E-state index contributed by atoms with van der Waals surface area (Å²) in [5.41, 5.74) is 11.2. The van der Waals surface area contributed by atoms with Crippen molar-refractivity contribution in [1.82, 2.24) is 39.0 Å². The molecule has 4 aromatic heterocycles. The Bertz CT molecular complexity index is 1940. The molecule has 45 heavy (non-hydrogen) atoms. The molecular weight excluding hydrogens is 682 g/mol. The Labute approximate surface area is 260 Å². The van der Waals surface area contributed by atoms with Crippen LogP contribution in [0.2, 0.25) is 0 Å². The lowest BCUT2D eigenvalue weighted by atomic mass is 10.1. The zero-order valence-corrected chi connectivity index (χ0v) is 26.0. The largest absolute Gasteiger partial charge is 0.387 e. The Morgan fingerprint density at radius 3 is 2.20 bits per heavy atom. The quantitative estimate of drug-likeness (QED) is 0.102. The van der Waals surface area contributed by atoms with E-state index in [0.717, 1.165) is 0 Å². The molecule has 0 amide bonds. The van der Waals surface area contributed by atoms with Gasteiger partial charge in [0.05, 0.1) is 25.9 Å². The highest BCUT2D eigenvalue weighted by atomic mass is 32.7. The molecule has 3 saturated heterocycles. The summed E-state index contributed by atoms with van der Waals surface area (Å²) >= 11 is 8.13. The number of hydrogen-bond acceptors (Lipinski definition) is 18. The van der Waals surface area contributed by atoms with Crippen molar-refractivity contribution < 1.29 is 46.9 Å². The van der Waals surface area contributed by atoms with Crippen LogP contribution in [0.15, 0.2) is 23.8 Å². The number of nitrogens with two attached hydrogens (primary N) is 2. The van der Waals surface area contributed by atoms with Crippen LogP contribution >= 0.6 is 38.1 Å². The number of ether oxygens (including phenoxy) is 2. The van der Waals surface area contributed by atoms with Gasteiger partial charge in [0.15, 0.2) is 35.1 Å². The fourth-order valence-electron chi connectivity index (χ4n) is 5.30. The number of aromatic amines is 1. The van der Waals surface area contributed by atoms with Gasteiger partial charge >= 0.3 is 13.6 Å². The third kappa shape index (κ3) is 5.55. The first-order valence-electron chi connectivity index (χ1n) is 13.0. The molecule has 0 saturated carbocycles. The first-order valence-corrected chi connectivity index (χ1v) is 18.3. The molecule has 242 valence electrons. The van der Waals surface area contributed by atoms with Crippen LogP contribution in [0.5, 0.6) is 0 Å². The molecule has 7 N–H and O–H groups in total. The molecule has 0 aromatic carbocycles. The maximum atomic E-state index is 13.5. The molecule has 3 aliphatic rings. The van der Waals surface area contributed by atoms with Crippen molar-refractivity contribution in [2.75, 3.05) is 24.7 Å². The van der Waals surface area contributed by atoms with Gasteiger partial charge in [-0.2, -0.15) is 4.98 Å². The number of H-pyrrole nitrogens is 1. The molecule has 7 rings (SSSR count). The second-order valence-electron chi connectivity index (χ2n) is 10.1. The SMILES string of the molecule is Nc1nc2c(ncn2[C@@H]2O[C@@H]3CO[P@](=O)(S)O[C@@H]4[C@H](O)[C@@H](CO[P@](=O)(S)O[C@H]3[C@H]2O)O[C@H]4n2cnc3c(N)ncnc32)c(=O)[nH]1. The first kappa shape index (κ1) is 31.0. The number of aliphatic hydroxyl groups is 2. The predicted octanol–water partition coefficient (Wildman–Crippen LogP) is -0.467. The van der Waals surface area contributed by atoms with E-state index in [1.54, 1.807) is 0 Å². The second kappa shape index (κ2) is 11.2. The monoisotopic (exact) mass is 706 g/mol. The summed E-state index contributed by atoms with van der Waals surface area (Å²) in [6.07, 6.45) is -7.44. The number of hydrogen-bond donors (Lipinski definition) is 7. The Kier molecular flexibility index (Phi) is 7.74. The standard InChI is InChI=1S/C20H24N10O11P2S2/c21-14-8-15(24-3-23-14)29(4-25-8)19-13-10(31)6(38-19)1-36-42(34,44)40-12-7(2-37-43(35,45)41-13)39-18(11(12)32)30-5-26-9-16(30)27-20(22)28-17(9)33/h3-7,10-13,18-19,31-32H,1-2H2,(H,34,44)(H,35,45)(H2,21,23,24)(H3,22,27,28,33)/t6-,7-,10-,11-,12-,13-,18-,19-,42+,43+/m1/s1. The van der Waals surface area contributed by atoms with Crippen molar-refractivity contribution in [3.63, 3.8) is 0 Å². The summed E-state index contributed by atoms with van der Waals surface area (Å²) in [6.45, 7) is -9.86. The van der Waals surface area contributed by atoms with E-state index in [2.05, 4.69) is 54.4 Å². The topological polar surface area (TPSA) is 289 Å². The summed E-state index contributed by atoms with van der Waals surface area (Å²) in [7, 11) is 0. The number of nitrogens with zero attached hydrogens (tertiary/aromatic N) is 7. The van der Waals surface area contributed by atoms with Crippen LogP contribution in [0, 0.1) is 0 Å². The molecule has 0 unspecified atom stereocenters. The molecule has 7 heterocycles. The lowest BCUT2D eigenvalue weighted by molar-refractivity contribution is -0.0575. The zero-order valence-electron chi connectivity index (χ0n) is 22.4. The van der Waals surface area contributed by atoms with E-state index < -0.39 is 81.4 Å². The molecular formula is C20H24N10O11P2S2. The third-order valence-corrected chi connectivity index (χ3v) is 10.6. The Morgan fingerprint density at radius 2 is 1.47 bits per heavy atom. The molecule has 0 spiro atoms. The molecule has 3 fully saturated rings. The minimum Gasteiger partial charge on any atom is -0.387 e.